The number of nitrogens with zero attached hydrogens (tertiary/aromatic N) is 1. The average molecular weight is 358 g/mol. The molecule has 0 unspecified atom stereocenters. The second kappa shape index (κ2) is 8.90. The quantitative estimate of drug-likeness (QED) is 0.463. The molecule has 0 radical (unpaired) electrons. The third-order valence-electron chi connectivity index (χ3n) is 3.35. The molecule has 1 aromatic rings. The first kappa shape index (κ1) is 17.8. The van der Waals surface area contributed by atoms with Gasteiger partial charge in [-0.2, -0.15) is 5.10 Å². The van der Waals surface area contributed by atoms with Crippen molar-refractivity contribution in [1.82, 2.24) is 10.7 Å². The molecule has 1 fully saturated rings. The molecule has 1 saturated heterocycles. The van der Waals surface area contributed by atoms with Crippen molar-refractivity contribution in [3.8, 4) is 11.5 Å². The molecule has 0 saturated carbocycles. The third-order valence-corrected chi connectivity index (χ3v) is 3.87. The number of hydrogen-bond acceptors (Lipinski definition) is 5. The minimum atomic E-state index is 0.225. The minimum absolute atomic E-state index is 0.225. The molecule has 1 atom stereocenters. The van der Waals surface area contributed by atoms with Crippen molar-refractivity contribution >= 4 is 35.1 Å². The topological polar surface area (TPSA) is 64.1 Å². The second-order valence-electron chi connectivity index (χ2n) is 4.95. The van der Waals surface area contributed by atoms with E-state index < -0.39 is 0 Å². The van der Waals surface area contributed by atoms with E-state index in [9.17, 15) is 0 Å². The Morgan fingerprint density at radius 3 is 2.96 bits per heavy atom. The van der Waals surface area contributed by atoms with Crippen LogP contribution in [0.2, 0.25) is 5.02 Å². The van der Waals surface area contributed by atoms with Crippen molar-refractivity contribution in [3.63, 3.8) is 0 Å². The van der Waals surface area contributed by atoms with Gasteiger partial charge in [0, 0.05) is 13.2 Å². The molecule has 1 aromatic carbocycles. The summed E-state index contributed by atoms with van der Waals surface area (Å²) in [5.74, 6) is 1.04. The summed E-state index contributed by atoms with van der Waals surface area (Å²) in [4.78, 5) is 0. The maximum Gasteiger partial charge on any atom is 0.187 e. The molecule has 6 nitrogen and oxygen atoms in total. The van der Waals surface area contributed by atoms with Gasteiger partial charge in [-0.25, -0.2) is 0 Å². The number of hydrogen-bond donors (Lipinski definition) is 2. The SMILES string of the molecule is COc1cc(/C=N\NC(=S)NC[C@H]2CCCO2)cc(Cl)c1OC. The summed E-state index contributed by atoms with van der Waals surface area (Å²) in [6.07, 6.45) is 3.99. The van der Waals surface area contributed by atoms with Gasteiger partial charge in [-0.3, -0.25) is 5.43 Å². The third kappa shape index (κ3) is 5.23. The van der Waals surface area contributed by atoms with Crippen LogP contribution >= 0.6 is 23.8 Å². The van der Waals surface area contributed by atoms with Crippen LogP contribution in [0.5, 0.6) is 11.5 Å². The van der Waals surface area contributed by atoms with Crippen molar-refractivity contribution in [3.05, 3.63) is 22.7 Å². The lowest BCUT2D eigenvalue weighted by atomic mass is 10.2. The summed E-state index contributed by atoms with van der Waals surface area (Å²) in [6.45, 7) is 1.51. The smallest absolute Gasteiger partial charge is 0.187 e. The van der Waals surface area contributed by atoms with Crippen LogP contribution in [0.25, 0.3) is 0 Å². The van der Waals surface area contributed by atoms with Gasteiger partial charge in [0.25, 0.3) is 0 Å². The monoisotopic (exact) mass is 357 g/mol. The Labute approximate surface area is 146 Å². The summed E-state index contributed by atoms with van der Waals surface area (Å²) in [6, 6.07) is 3.51. The molecular formula is C15H20ClN3O3S. The molecule has 2 N–H and O–H groups in total. The molecular weight excluding hydrogens is 338 g/mol. The molecule has 2 rings (SSSR count). The van der Waals surface area contributed by atoms with Crippen LogP contribution in [0.3, 0.4) is 0 Å². The first-order valence-electron chi connectivity index (χ1n) is 7.24. The fourth-order valence-electron chi connectivity index (χ4n) is 2.23. The number of benzene rings is 1. The highest BCUT2D eigenvalue weighted by Crippen LogP contribution is 2.35. The Kier molecular flexibility index (Phi) is 6.88. The van der Waals surface area contributed by atoms with Crippen LogP contribution in [0, 0.1) is 0 Å². The molecule has 8 heteroatoms. The Morgan fingerprint density at radius 2 is 2.30 bits per heavy atom. The molecule has 1 heterocycles. The lowest BCUT2D eigenvalue weighted by Gasteiger charge is -2.12. The second-order valence-corrected chi connectivity index (χ2v) is 5.77. The summed E-state index contributed by atoms with van der Waals surface area (Å²) in [5, 5.41) is 8.06. The molecule has 0 aliphatic carbocycles. The van der Waals surface area contributed by atoms with Crippen LogP contribution in [0.1, 0.15) is 18.4 Å². The zero-order chi connectivity index (χ0) is 16.7. The standard InChI is InChI=1S/C15H20ClN3O3S/c1-20-13-7-10(6-12(16)14(13)21-2)8-18-19-15(23)17-9-11-4-3-5-22-11/h6-8,11H,3-5,9H2,1-2H3,(H2,17,19,23)/b18-8-/t11-/m1/s1. The van der Waals surface area contributed by atoms with Crippen LogP contribution in [0.15, 0.2) is 17.2 Å². The van der Waals surface area contributed by atoms with E-state index in [0.717, 1.165) is 25.0 Å². The van der Waals surface area contributed by atoms with Crippen molar-refractivity contribution in [1.29, 1.82) is 0 Å². The molecule has 126 valence electrons. The van der Waals surface area contributed by atoms with Gasteiger partial charge in [0.2, 0.25) is 0 Å². The zero-order valence-electron chi connectivity index (χ0n) is 13.1. The number of hydrazone groups is 1. The lowest BCUT2D eigenvalue weighted by molar-refractivity contribution is 0.114. The van der Waals surface area contributed by atoms with E-state index in [1.807, 2.05) is 0 Å². The predicted molar refractivity (Wildman–Crippen MR) is 94.9 cm³/mol. The van der Waals surface area contributed by atoms with E-state index in [-0.39, 0.29) is 6.10 Å². The van der Waals surface area contributed by atoms with Gasteiger partial charge in [0.15, 0.2) is 16.6 Å². The molecule has 1 aliphatic rings. The van der Waals surface area contributed by atoms with Crippen LogP contribution in [0.4, 0.5) is 0 Å². The molecule has 0 bridgehead atoms. The molecule has 0 spiro atoms. The fraction of sp³-hybridized carbons (Fsp3) is 0.467. The maximum absolute atomic E-state index is 6.14. The van der Waals surface area contributed by atoms with Gasteiger partial charge in [0.1, 0.15) is 0 Å². The highest BCUT2D eigenvalue weighted by atomic mass is 35.5. The van der Waals surface area contributed by atoms with E-state index in [2.05, 4.69) is 15.8 Å². The summed E-state index contributed by atoms with van der Waals surface area (Å²) < 4.78 is 15.9. The molecule has 0 amide bonds. The molecule has 23 heavy (non-hydrogen) atoms. The molecule has 0 aromatic heterocycles. The number of ether oxygens (including phenoxy) is 3. The Morgan fingerprint density at radius 1 is 1.48 bits per heavy atom. The lowest BCUT2D eigenvalue weighted by Crippen LogP contribution is -2.37. The van der Waals surface area contributed by atoms with E-state index in [0.29, 0.717) is 28.2 Å². The van der Waals surface area contributed by atoms with Crippen LogP contribution < -0.4 is 20.2 Å². The van der Waals surface area contributed by atoms with Gasteiger partial charge in [-0.05, 0) is 42.8 Å². The van der Waals surface area contributed by atoms with Crippen molar-refractivity contribution in [2.75, 3.05) is 27.4 Å². The number of thiocarbonyl (C=S) groups is 1. The van der Waals surface area contributed by atoms with Gasteiger partial charge in [-0.1, -0.05) is 11.6 Å². The minimum Gasteiger partial charge on any atom is -0.493 e. The predicted octanol–water partition coefficient (Wildman–Crippen LogP) is 2.33. The van der Waals surface area contributed by atoms with Gasteiger partial charge >= 0.3 is 0 Å². The maximum atomic E-state index is 6.14. The Balaban J connectivity index is 1.87. The normalized spacial score (nSPS) is 17.3. The average Bonchev–Trinajstić information content (AvgIpc) is 3.05. The number of halogens is 1. The molecule has 1 aliphatic heterocycles. The largest absolute Gasteiger partial charge is 0.493 e. The highest BCUT2D eigenvalue weighted by Gasteiger charge is 2.15. The Bertz CT molecular complexity index is 577. The van der Waals surface area contributed by atoms with Gasteiger partial charge < -0.3 is 19.5 Å². The van der Waals surface area contributed by atoms with E-state index in [1.54, 1.807) is 25.5 Å². The zero-order valence-corrected chi connectivity index (χ0v) is 14.7. The number of rotatable bonds is 6. The Hall–Kier alpha value is -1.57. The van der Waals surface area contributed by atoms with Crippen molar-refractivity contribution < 1.29 is 14.2 Å². The van der Waals surface area contributed by atoms with E-state index in [4.69, 9.17) is 38.0 Å². The van der Waals surface area contributed by atoms with Gasteiger partial charge in [-0.15, -0.1) is 0 Å². The van der Waals surface area contributed by atoms with E-state index >= 15 is 0 Å². The van der Waals surface area contributed by atoms with Crippen LogP contribution in [-0.4, -0.2) is 44.8 Å². The fourth-order valence-corrected chi connectivity index (χ4v) is 2.66. The first-order valence-corrected chi connectivity index (χ1v) is 8.02. The van der Waals surface area contributed by atoms with Crippen LogP contribution in [-0.2, 0) is 4.74 Å². The number of nitrogens with one attached hydrogen (secondary N) is 2. The first-order chi connectivity index (χ1) is 11.1. The van der Waals surface area contributed by atoms with E-state index in [1.165, 1.54) is 7.11 Å². The summed E-state index contributed by atoms with van der Waals surface area (Å²) >= 11 is 11.3. The summed E-state index contributed by atoms with van der Waals surface area (Å²) in [5.41, 5.74) is 3.53. The number of methoxy groups -OCH3 is 2. The summed E-state index contributed by atoms with van der Waals surface area (Å²) in [7, 11) is 3.09. The van der Waals surface area contributed by atoms with Gasteiger partial charge in [0.05, 0.1) is 31.6 Å². The van der Waals surface area contributed by atoms with Crippen molar-refractivity contribution in [2.24, 2.45) is 5.10 Å². The highest BCUT2D eigenvalue weighted by molar-refractivity contribution is 7.80. The van der Waals surface area contributed by atoms with Crippen molar-refractivity contribution in [2.45, 2.75) is 18.9 Å².